The number of piperidine rings is 1. The predicted molar refractivity (Wildman–Crippen MR) is 231 cm³/mol. The number of hydrogen-bond acceptors (Lipinski definition) is 8. The van der Waals surface area contributed by atoms with Gasteiger partial charge in [-0.15, -0.1) is 0 Å². The van der Waals surface area contributed by atoms with E-state index < -0.39 is 19.8 Å². The molecular weight excluding hydrogens is 761 g/mol. The van der Waals surface area contributed by atoms with Crippen LogP contribution in [0.15, 0.2) is 91.0 Å². The Morgan fingerprint density at radius 2 is 1.71 bits per heavy atom. The van der Waals surface area contributed by atoms with Gasteiger partial charge in [0.15, 0.2) is 5.60 Å². The molecule has 0 aromatic heterocycles. The zero-order chi connectivity index (χ0) is 41.5. The van der Waals surface area contributed by atoms with Crippen LogP contribution < -0.4 is 30.2 Å². The molecule has 0 aliphatic carbocycles. The molecule has 4 aliphatic rings. The lowest BCUT2D eigenvalue weighted by Gasteiger charge is -2.39. The van der Waals surface area contributed by atoms with Gasteiger partial charge in [-0.3, -0.25) is 14.4 Å². The van der Waals surface area contributed by atoms with E-state index in [2.05, 4.69) is 48.9 Å². The third-order valence-electron chi connectivity index (χ3n) is 13.5. The molecule has 59 heavy (non-hydrogen) atoms. The van der Waals surface area contributed by atoms with Gasteiger partial charge in [-0.05, 0) is 90.5 Å². The second-order valence-corrected chi connectivity index (χ2v) is 21.9. The zero-order valence-corrected chi connectivity index (χ0v) is 35.7. The molecule has 6 atom stereocenters. The molecule has 0 bridgehead atoms. The van der Waals surface area contributed by atoms with E-state index in [1.807, 2.05) is 72.8 Å². The first kappa shape index (κ1) is 40.8. The third kappa shape index (κ3) is 7.45. The number of carbonyl (C=O) groups excluding carboxylic acids is 3. The van der Waals surface area contributed by atoms with E-state index in [1.165, 1.54) is 5.19 Å². The lowest BCUT2D eigenvalue weighted by Crippen LogP contribution is -2.52. The highest BCUT2D eigenvalue weighted by molar-refractivity contribution is 6.91. The van der Waals surface area contributed by atoms with Crippen molar-refractivity contribution in [1.82, 2.24) is 10.2 Å². The van der Waals surface area contributed by atoms with Gasteiger partial charge in [-0.25, -0.2) is 0 Å². The number of anilines is 2. The van der Waals surface area contributed by atoms with Crippen molar-refractivity contribution in [2.75, 3.05) is 44.1 Å². The number of aliphatic hydroxyl groups is 1. The van der Waals surface area contributed by atoms with Crippen molar-refractivity contribution in [3.63, 3.8) is 0 Å². The van der Waals surface area contributed by atoms with Gasteiger partial charge in [-0.2, -0.15) is 0 Å². The standard InChI is InChI=1S/C47H56N4O7Si/c1-30-44(59(4,5)39-18-15-37(56-2)16-19-39)42(25-43(53)50-28-34-12-7-6-11-32(34)23-36(50)29-52)58-47(30)40-24-38(57-3)17-20-41(40)51(46(47)55)27-31-10-8-14-35(22-31)49-45(54)33-13-9-21-48-26-33/h6-8,10-12,14-20,22,24,30,33,36,42,44,48,52H,9,13,21,23,25-29H2,1-5H3,(H,49,54)/t30-,33?,36+,42+,44-,47+/m1/s1. The van der Waals surface area contributed by atoms with Crippen LogP contribution >= 0.6 is 0 Å². The quantitative estimate of drug-likeness (QED) is 0.164. The maximum absolute atomic E-state index is 15.5. The first-order valence-corrected chi connectivity index (χ1v) is 24.0. The average Bonchev–Trinajstić information content (AvgIpc) is 3.68. The number of carbonyl (C=O) groups is 3. The molecular formula is C47H56N4O7Si. The topological polar surface area (TPSA) is 130 Å². The highest BCUT2D eigenvalue weighted by atomic mass is 28.3. The Labute approximate surface area is 348 Å². The number of benzene rings is 4. The molecule has 0 saturated carbocycles. The lowest BCUT2D eigenvalue weighted by atomic mass is 9.82. The SMILES string of the molecule is COc1ccc([Si](C)(C)[C@H]2[C@H](CC(=O)N3Cc4ccccc4C[C@H]3CO)O[C@@]3(C(=O)N(Cc4cccc(NC(=O)C5CCCNC5)c4)c4ccc(OC)cc43)[C@@H]2C)cc1. The molecule has 4 aliphatic heterocycles. The number of aliphatic hydroxyl groups excluding tert-OH is 1. The van der Waals surface area contributed by atoms with Crippen molar-refractivity contribution >= 4 is 42.4 Å². The number of hydrogen-bond donors (Lipinski definition) is 3. The first-order chi connectivity index (χ1) is 28.5. The van der Waals surface area contributed by atoms with E-state index in [9.17, 15) is 14.7 Å². The van der Waals surface area contributed by atoms with Gasteiger partial charge in [0.25, 0.3) is 5.91 Å². The van der Waals surface area contributed by atoms with Crippen LogP contribution in [0.5, 0.6) is 11.5 Å². The summed E-state index contributed by atoms with van der Waals surface area (Å²) in [5.41, 5.74) is 3.65. The Balaban J connectivity index is 1.16. The second-order valence-electron chi connectivity index (χ2n) is 17.2. The van der Waals surface area contributed by atoms with Gasteiger partial charge in [0, 0.05) is 30.3 Å². The van der Waals surface area contributed by atoms with E-state index in [0.29, 0.717) is 30.9 Å². The van der Waals surface area contributed by atoms with Crippen molar-refractivity contribution < 1.29 is 33.7 Å². The van der Waals surface area contributed by atoms with E-state index in [4.69, 9.17) is 14.2 Å². The summed E-state index contributed by atoms with van der Waals surface area (Å²) in [6.07, 6.45) is 1.85. The molecule has 8 rings (SSSR count). The van der Waals surface area contributed by atoms with Gasteiger partial charge >= 0.3 is 0 Å². The van der Waals surface area contributed by atoms with Crippen LogP contribution in [0.4, 0.5) is 11.4 Å². The molecule has 3 N–H and O–H groups in total. The third-order valence-corrected chi connectivity index (χ3v) is 17.9. The highest BCUT2D eigenvalue weighted by Crippen LogP contribution is 2.60. The van der Waals surface area contributed by atoms with Crippen LogP contribution in [0, 0.1) is 11.8 Å². The average molecular weight is 817 g/mol. The Morgan fingerprint density at radius 1 is 0.966 bits per heavy atom. The summed E-state index contributed by atoms with van der Waals surface area (Å²) in [7, 11) is 0.711. The van der Waals surface area contributed by atoms with Crippen molar-refractivity contribution in [2.24, 2.45) is 11.8 Å². The molecule has 3 amide bonds. The number of ether oxygens (including phenoxy) is 3. The van der Waals surface area contributed by atoms with Gasteiger partial charge in [0.2, 0.25) is 11.8 Å². The molecule has 12 heteroatoms. The van der Waals surface area contributed by atoms with E-state index >= 15 is 4.79 Å². The number of nitrogens with zero attached hydrogens (tertiary/aromatic N) is 2. The summed E-state index contributed by atoms with van der Waals surface area (Å²) < 4.78 is 18.6. The van der Waals surface area contributed by atoms with Gasteiger partial charge < -0.3 is 39.8 Å². The molecule has 0 radical (unpaired) electrons. The summed E-state index contributed by atoms with van der Waals surface area (Å²) in [6.45, 7) is 8.81. The molecule has 1 unspecified atom stereocenters. The molecule has 4 heterocycles. The van der Waals surface area contributed by atoms with Crippen LogP contribution in [-0.4, -0.2) is 81.9 Å². The fourth-order valence-electron chi connectivity index (χ4n) is 10.4. The van der Waals surface area contributed by atoms with Crippen LogP contribution in [-0.2, 0) is 44.2 Å². The van der Waals surface area contributed by atoms with Gasteiger partial charge in [-0.1, -0.05) is 73.7 Å². The Morgan fingerprint density at radius 3 is 2.42 bits per heavy atom. The van der Waals surface area contributed by atoms with Crippen LogP contribution in [0.2, 0.25) is 18.6 Å². The smallest absolute Gasteiger partial charge is 0.264 e. The summed E-state index contributed by atoms with van der Waals surface area (Å²) >= 11 is 0. The Hall–Kier alpha value is -5.01. The van der Waals surface area contributed by atoms with Gasteiger partial charge in [0.1, 0.15) is 11.5 Å². The maximum Gasteiger partial charge on any atom is 0.264 e. The number of nitrogens with one attached hydrogen (secondary N) is 2. The predicted octanol–water partition coefficient (Wildman–Crippen LogP) is 5.74. The summed E-state index contributed by atoms with van der Waals surface area (Å²) in [5, 5.41) is 18.1. The van der Waals surface area contributed by atoms with E-state index in [0.717, 1.165) is 53.1 Å². The number of methoxy groups -OCH3 is 2. The highest BCUT2D eigenvalue weighted by Gasteiger charge is 2.66. The maximum atomic E-state index is 15.5. The molecule has 1 spiro atoms. The van der Waals surface area contributed by atoms with E-state index in [1.54, 1.807) is 24.0 Å². The Kier molecular flexibility index (Phi) is 11.4. The van der Waals surface area contributed by atoms with Crippen LogP contribution in [0.3, 0.4) is 0 Å². The molecule has 2 fully saturated rings. The zero-order valence-electron chi connectivity index (χ0n) is 34.7. The lowest BCUT2D eigenvalue weighted by molar-refractivity contribution is -0.151. The largest absolute Gasteiger partial charge is 0.497 e. The second kappa shape index (κ2) is 16.6. The van der Waals surface area contributed by atoms with Crippen molar-refractivity contribution in [3.05, 3.63) is 113 Å². The number of fused-ring (bicyclic) bond motifs is 3. The number of amides is 3. The molecule has 2 saturated heterocycles. The fourth-order valence-corrected chi connectivity index (χ4v) is 14.4. The molecule has 310 valence electrons. The Bertz CT molecular complexity index is 2210. The normalized spacial score (nSPS) is 25.1. The fraction of sp³-hybridized carbons (Fsp3) is 0.426. The minimum atomic E-state index is -2.56. The van der Waals surface area contributed by atoms with Crippen LogP contribution in [0.1, 0.15) is 48.4 Å². The van der Waals surface area contributed by atoms with Crippen LogP contribution in [0.25, 0.3) is 0 Å². The van der Waals surface area contributed by atoms with E-state index in [-0.39, 0.29) is 60.7 Å². The minimum Gasteiger partial charge on any atom is -0.497 e. The summed E-state index contributed by atoms with van der Waals surface area (Å²) in [4.78, 5) is 46.9. The summed E-state index contributed by atoms with van der Waals surface area (Å²) in [6, 6.07) is 29.3. The van der Waals surface area contributed by atoms with Gasteiger partial charge in [0.05, 0.1) is 65.6 Å². The molecule has 4 aromatic rings. The molecule has 4 aromatic carbocycles. The number of rotatable bonds is 11. The first-order valence-electron chi connectivity index (χ1n) is 20.9. The van der Waals surface area contributed by atoms with Crippen molar-refractivity contribution in [3.8, 4) is 11.5 Å². The minimum absolute atomic E-state index is 0.00878. The summed E-state index contributed by atoms with van der Waals surface area (Å²) in [5.74, 6) is 0.646. The molecule has 11 nitrogen and oxygen atoms in total. The van der Waals surface area contributed by atoms with Crippen molar-refractivity contribution in [1.29, 1.82) is 0 Å². The van der Waals surface area contributed by atoms with Crippen molar-refractivity contribution in [2.45, 2.75) is 82.1 Å². The monoisotopic (exact) mass is 816 g/mol.